The largest absolute Gasteiger partial charge is 0.465 e. The normalized spacial score (nSPS) is 11.7. The molecule has 0 aromatic carbocycles. The van der Waals surface area contributed by atoms with Crippen molar-refractivity contribution in [2.75, 3.05) is 19.7 Å². The number of rotatable bonds is 6. The lowest BCUT2D eigenvalue weighted by atomic mass is 10.1. The van der Waals surface area contributed by atoms with Gasteiger partial charge in [-0.3, -0.25) is 14.3 Å². The minimum absolute atomic E-state index is 0.0171. The molecule has 160 valence electrons. The van der Waals surface area contributed by atoms with Gasteiger partial charge in [-0.1, -0.05) is 0 Å². The molecule has 8 nitrogen and oxygen atoms in total. The third-order valence-electron chi connectivity index (χ3n) is 4.26. The Morgan fingerprint density at radius 2 is 2.07 bits per heavy atom. The number of carbonyl (C=O) groups is 2. The van der Waals surface area contributed by atoms with Crippen LogP contribution in [0.4, 0.5) is 13.2 Å². The monoisotopic (exact) mass is 424 g/mol. The SMILES string of the molecule is CCOC(=O)CN(CC(F)(F)F)C(=O)c1cc(-c2ccco2)nc2c1c(C)nn2C. The van der Waals surface area contributed by atoms with Crippen molar-refractivity contribution in [1.82, 2.24) is 19.7 Å². The van der Waals surface area contributed by atoms with Crippen molar-refractivity contribution in [3.63, 3.8) is 0 Å². The van der Waals surface area contributed by atoms with Gasteiger partial charge < -0.3 is 14.1 Å². The molecule has 30 heavy (non-hydrogen) atoms. The Bertz CT molecular complexity index is 1070. The van der Waals surface area contributed by atoms with Crippen molar-refractivity contribution in [3.05, 3.63) is 35.7 Å². The fraction of sp³-hybridized carbons (Fsp3) is 0.368. The van der Waals surface area contributed by atoms with E-state index in [-0.39, 0.29) is 17.9 Å². The Balaban J connectivity index is 2.13. The zero-order valence-electron chi connectivity index (χ0n) is 16.5. The van der Waals surface area contributed by atoms with E-state index in [9.17, 15) is 22.8 Å². The number of hydrogen-bond donors (Lipinski definition) is 0. The van der Waals surface area contributed by atoms with Crippen LogP contribution in [0.5, 0.6) is 0 Å². The molecule has 0 saturated heterocycles. The van der Waals surface area contributed by atoms with Crippen molar-refractivity contribution in [2.24, 2.45) is 7.05 Å². The van der Waals surface area contributed by atoms with E-state index >= 15 is 0 Å². The number of aromatic nitrogens is 3. The van der Waals surface area contributed by atoms with Crippen LogP contribution in [0.15, 0.2) is 28.9 Å². The van der Waals surface area contributed by atoms with E-state index < -0.39 is 31.1 Å². The summed E-state index contributed by atoms with van der Waals surface area (Å²) in [5.74, 6) is -1.59. The van der Waals surface area contributed by atoms with Gasteiger partial charge in [0, 0.05) is 7.05 Å². The lowest BCUT2D eigenvalue weighted by Crippen LogP contribution is -2.42. The van der Waals surface area contributed by atoms with E-state index in [1.807, 2.05) is 0 Å². The van der Waals surface area contributed by atoms with Crippen LogP contribution in [0.1, 0.15) is 23.0 Å². The molecule has 0 saturated carbocycles. The molecule has 3 aromatic heterocycles. The minimum atomic E-state index is -4.71. The first-order valence-corrected chi connectivity index (χ1v) is 9.00. The quantitative estimate of drug-likeness (QED) is 0.565. The number of ether oxygens (including phenoxy) is 1. The van der Waals surface area contributed by atoms with Crippen molar-refractivity contribution >= 4 is 22.9 Å². The number of nitrogens with zero attached hydrogens (tertiary/aromatic N) is 4. The van der Waals surface area contributed by atoms with Gasteiger partial charge in [-0.2, -0.15) is 18.3 Å². The fourth-order valence-electron chi connectivity index (χ4n) is 3.11. The van der Waals surface area contributed by atoms with Gasteiger partial charge in [-0.15, -0.1) is 0 Å². The second-order valence-corrected chi connectivity index (χ2v) is 6.52. The molecule has 0 atom stereocenters. The van der Waals surface area contributed by atoms with E-state index in [0.29, 0.717) is 27.4 Å². The highest BCUT2D eigenvalue weighted by Crippen LogP contribution is 2.29. The number of hydrogen-bond acceptors (Lipinski definition) is 6. The van der Waals surface area contributed by atoms with Crippen LogP contribution in [0, 0.1) is 6.92 Å². The topological polar surface area (TPSA) is 90.5 Å². The number of carbonyl (C=O) groups excluding carboxylic acids is 2. The summed E-state index contributed by atoms with van der Waals surface area (Å²) in [6.45, 7) is 0.674. The Hall–Kier alpha value is -3.37. The van der Waals surface area contributed by atoms with E-state index in [0.717, 1.165) is 0 Å². The summed E-state index contributed by atoms with van der Waals surface area (Å²) in [5.41, 5.74) is 0.901. The second-order valence-electron chi connectivity index (χ2n) is 6.52. The summed E-state index contributed by atoms with van der Waals surface area (Å²) in [7, 11) is 1.61. The lowest BCUT2D eigenvalue weighted by Gasteiger charge is -2.23. The summed E-state index contributed by atoms with van der Waals surface area (Å²) < 4.78 is 50.9. The molecule has 0 aliphatic heterocycles. The van der Waals surface area contributed by atoms with Crippen molar-refractivity contribution < 1.29 is 31.9 Å². The fourth-order valence-corrected chi connectivity index (χ4v) is 3.11. The third-order valence-corrected chi connectivity index (χ3v) is 4.26. The Morgan fingerprint density at radius 3 is 2.67 bits per heavy atom. The molecule has 11 heteroatoms. The summed E-state index contributed by atoms with van der Waals surface area (Å²) in [6.07, 6.45) is -3.30. The number of furan rings is 1. The van der Waals surface area contributed by atoms with Crippen LogP contribution in [-0.4, -0.2) is 57.4 Å². The van der Waals surface area contributed by atoms with Gasteiger partial charge in [0.2, 0.25) is 0 Å². The Kier molecular flexibility index (Phi) is 5.81. The maximum Gasteiger partial charge on any atom is 0.406 e. The molecule has 0 aliphatic rings. The standard InChI is InChI=1S/C19H19F3N4O4/c1-4-29-15(27)9-26(10-19(20,21)22)18(28)12-8-13(14-6-5-7-30-14)23-17-16(12)11(2)24-25(17)3/h5-8H,4,9-10H2,1-3H3. The lowest BCUT2D eigenvalue weighted by molar-refractivity contribution is -0.153. The summed E-state index contributed by atoms with van der Waals surface area (Å²) in [5, 5.41) is 4.52. The average molecular weight is 424 g/mol. The third kappa shape index (κ3) is 4.44. The Morgan fingerprint density at radius 1 is 1.33 bits per heavy atom. The summed E-state index contributed by atoms with van der Waals surface area (Å²) in [4.78, 5) is 29.9. The summed E-state index contributed by atoms with van der Waals surface area (Å²) in [6, 6.07) is 4.57. The molecule has 0 unspecified atom stereocenters. The van der Waals surface area contributed by atoms with E-state index in [4.69, 9.17) is 9.15 Å². The highest BCUT2D eigenvalue weighted by molar-refractivity contribution is 6.08. The maximum atomic E-state index is 13.2. The van der Waals surface area contributed by atoms with E-state index in [2.05, 4.69) is 10.1 Å². The van der Waals surface area contributed by atoms with Crippen LogP contribution in [0.2, 0.25) is 0 Å². The van der Waals surface area contributed by atoms with Gasteiger partial charge in [0.15, 0.2) is 11.4 Å². The number of alkyl halides is 3. The Labute approximate surface area is 169 Å². The maximum absolute atomic E-state index is 13.2. The number of pyridine rings is 1. The molecular weight excluding hydrogens is 405 g/mol. The predicted octanol–water partition coefficient (Wildman–Crippen LogP) is 3.10. The van der Waals surface area contributed by atoms with Crippen LogP contribution in [0.3, 0.4) is 0 Å². The van der Waals surface area contributed by atoms with Gasteiger partial charge in [0.25, 0.3) is 5.91 Å². The highest BCUT2D eigenvalue weighted by Gasteiger charge is 2.35. The zero-order chi connectivity index (χ0) is 22.1. The van der Waals surface area contributed by atoms with Crippen molar-refractivity contribution in [1.29, 1.82) is 0 Å². The number of aryl methyl sites for hydroxylation is 2. The summed E-state index contributed by atoms with van der Waals surface area (Å²) >= 11 is 0. The van der Waals surface area contributed by atoms with Gasteiger partial charge in [0.05, 0.1) is 29.5 Å². The molecule has 0 spiro atoms. The van der Waals surface area contributed by atoms with Gasteiger partial charge in [-0.05, 0) is 32.0 Å². The molecule has 0 fully saturated rings. The van der Waals surface area contributed by atoms with E-state index in [1.165, 1.54) is 23.9 Å². The van der Waals surface area contributed by atoms with Crippen LogP contribution < -0.4 is 0 Å². The van der Waals surface area contributed by atoms with Gasteiger partial charge in [-0.25, -0.2) is 4.98 Å². The van der Waals surface area contributed by atoms with Gasteiger partial charge >= 0.3 is 12.1 Å². The molecule has 0 bridgehead atoms. The first-order chi connectivity index (χ1) is 14.1. The van der Waals surface area contributed by atoms with Gasteiger partial charge in [0.1, 0.15) is 18.8 Å². The van der Waals surface area contributed by atoms with Crippen molar-refractivity contribution in [3.8, 4) is 11.5 Å². The first kappa shape index (κ1) is 21.3. The average Bonchev–Trinajstić information content (AvgIpc) is 3.28. The molecular formula is C19H19F3N4O4. The predicted molar refractivity (Wildman–Crippen MR) is 99.5 cm³/mol. The molecule has 3 heterocycles. The molecule has 1 amide bonds. The first-order valence-electron chi connectivity index (χ1n) is 9.00. The highest BCUT2D eigenvalue weighted by atomic mass is 19.4. The molecule has 0 aliphatic carbocycles. The second kappa shape index (κ2) is 8.17. The number of amides is 1. The smallest absolute Gasteiger partial charge is 0.406 e. The number of fused-ring (bicyclic) bond motifs is 1. The van der Waals surface area contributed by atoms with Crippen molar-refractivity contribution in [2.45, 2.75) is 20.0 Å². The van der Waals surface area contributed by atoms with Crippen LogP contribution in [-0.2, 0) is 16.6 Å². The molecule has 0 N–H and O–H groups in total. The molecule has 3 aromatic rings. The van der Waals surface area contributed by atoms with E-state index in [1.54, 1.807) is 26.1 Å². The number of esters is 1. The molecule has 0 radical (unpaired) electrons. The molecule has 3 rings (SSSR count). The minimum Gasteiger partial charge on any atom is -0.465 e. The number of halogens is 3. The zero-order valence-corrected chi connectivity index (χ0v) is 16.5. The van der Waals surface area contributed by atoms with Crippen LogP contribution >= 0.6 is 0 Å². The van der Waals surface area contributed by atoms with Crippen LogP contribution in [0.25, 0.3) is 22.5 Å².